The van der Waals surface area contributed by atoms with Crippen LogP contribution in [0, 0.1) is 0 Å². The molecule has 0 aromatic heterocycles. The van der Waals surface area contributed by atoms with E-state index in [1.165, 1.54) is 20.6 Å². The third-order valence-corrected chi connectivity index (χ3v) is 1.08. The van der Waals surface area contributed by atoms with Crippen molar-refractivity contribution in [2.75, 3.05) is 14.2 Å². The van der Waals surface area contributed by atoms with E-state index in [0.717, 1.165) is 24.3 Å². The highest BCUT2D eigenvalue weighted by molar-refractivity contribution is 5.81. The molecule has 0 saturated carbocycles. The molecule has 0 aliphatic rings. The number of carboxylic acid groups (broad SMARTS) is 2. The zero-order valence-electron chi connectivity index (χ0n) is 15.2. The van der Waals surface area contributed by atoms with Crippen LogP contribution in [0.4, 0.5) is 0 Å². The van der Waals surface area contributed by atoms with Gasteiger partial charge in [0.25, 0.3) is 0 Å². The fourth-order valence-electron chi connectivity index (χ4n) is 0.167. The molecule has 0 atom stereocenters. The van der Waals surface area contributed by atoms with E-state index in [2.05, 4.69) is 49.6 Å². The largest absolute Gasteiger partial charge is 0.478 e. The van der Waals surface area contributed by atoms with Gasteiger partial charge in [-0.25, -0.2) is 19.2 Å². The first-order valence-electron chi connectivity index (χ1n) is 6.69. The van der Waals surface area contributed by atoms with Crippen molar-refractivity contribution in [3.8, 4) is 0 Å². The van der Waals surface area contributed by atoms with Gasteiger partial charge in [-0.2, -0.15) is 0 Å². The number of rotatable bonds is 4. The molecule has 25 heavy (non-hydrogen) atoms. The lowest BCUT2D eigenvalue weighted by atomic mass is 10.6. The van der Waals surface area contributed by atoms with Crippen LogP contribution in [0.3, 0.4) is 0 Å². The van der Waals surface area contributed by atoms with Crippen LogP contribution < -0.4 is 0 Å². The van der Waals surface area contributed by atoms with Crippen LogP contribution in [0.2, 0.25) is 0 Å². The average molecular weight is 360 g/mol. The van der Waals surface area contributed by atoms with Crippen molar-refractivity contribution in [2.45, 2.75) is 20.3 Å². The van der Waals surface area contributed by atoms with Crippen LogP contribution in [-0.4, -0.2) is 48.3 Å². The zero-order chi connectivity index (χ0) is 21.3. The predicted octanol–water partition coefficient (Wildman–Crippen LogP) is 2.62. The number of ether oxygens (including phenoxy) is 2. The van der Waals surface area contributed by atoms with Gasteiger partial charge in [-0.15, -0.1) is 0 Å². The van der Waals surface area contributed by atoms with Gasteiger partial charge >= 0.3 is 23.9 Å². The molecule has 0 aliphatic carbocycles. The van der Waals surface area contributed by atoms with Crippen molar-refractivity contribution in [1.29, 1.82) is 0 Å². The molecule has 0 heterocycles. The second kappa shape index (κ2) is 32.7. The molecular weight excluding hydrogens is 332 g/mol. The summed E-state index contributed by atoms with van der Waals surface area (Å²) in [6, 6.07) is 0. The summed E-state index contributed by atoms with van der Waals surface area (Å²) in [7, 11) is 2.62. The van der Waals surface area contributed by atoms with Crippen molar-refractivity contribution in [3.63, 3.8) is 0 Å². The van der Waals surface area contributed by atoms with Crippen molar-refractivity contribution >= 4 is 23.9 Å². The molecule has 0 rings (SSSR count). The lowest BCUT2D eigenvalue weighted by Crippen LogP contribution is -1.91. The number of carbonyl (C=O) groups excluding carboxylic acids is 2. The van der Waals surface area contributed by atoms with E-state index < -0.39 is 23.9 Å². The van der Waals surface area contributed by atoms with Crippen molar-refractivity contribution in [3.05, 3.63) is 50.6 Å². The summed E-state index contributed by atoms with van der Waals surface area (Å²) in [5.41, 5.74) is 0. The van der Waals surface area contributed by atoms with Gasteiger partial charge in [0.05, 0.1) is 14.2 Å². The molecule has 0 saturated heterocycles. The predicted molar refractivity (Wildman–Crippen MR) is 96.1 cm³/mol. The fraction of sp³-hybridized carbons (Fsp3) is 0.294. The highest BCUT2D eigenvalue weighted by atomic mass is 16.5. The summed E-state index contributed by atoms with van der Waals surface area (Å²) in [5, 5.41) is 15.2. The summed E-state index contributed by atoms with van der Waals surface area (Å²) in [4.78, 5) is 38.2. The molecule has 0 aromatic rings. The molecule has 0 fully saturated rings. The van der Waals surface area contributed by atoms with Gasteiger partial charge in [-0.05, 0) is 0 Å². The maximum atomic E-state index is 9.84. The van der Waals surface area contributed by atoms with Crippen LogP contribution in [0.1, 0.15) is 20.3 Å². The van der Waals surface area contributed by atoms with E-state index >= 15 is 0 Å². The van der Waals surface area contributed by atoms with E-state index in [4.69, 9.17) is 10.2 Å². The first-order valence-corrected chi connectivity index (χ1v) is 6.69. The lowest BCUT2D eigenvalue weighted by molar-refractivity contribution is -0.135. The summed E-state index contributed by atoms with van der Waals surface area (Å²) >= 11 is 0. The van der Waals surface area contributed by atoms with Gasteiger partial charge in [-0.3, -0.25) is 0 Å². The molecule has 2 N–H and O–H groups in total. The molecule has 0 aromatic carbocycles. The van der Waals surface area contributed by atoms with Crippen LogP contribution in [-0.2, 0) is 28.7 Å². The maximum absolute atomic E-state index is 9.84. The zero-order valence-corrected chi connectivity index (χ0v) is 15.2. The first-order chi connectivity index (χ1) is 11.6. The Labute approximate surface area is 148 Å². The third-order valence-electron chi connectivity index (χ3n) is 1.08. The molecule has 0 radical (unpaired) electrons. The van der Waals surface area contributed by atoms with E-state index in [0.29, 0.717) is 0 Å². The molecule has 8 nitrogen and oxygen atoms in total. The topological polar surface area (TPSA) is 127 Å². The Balaban J connectivity index is -0.0000000678. The van der Waals surface area contributed by atoms with Crippen LogP contribution >= 0.6 is 0 Å². The van der Waals surface area contributed by atoms with Gasteiger partial charge in [0.15, 0.2) is 0 Å². The SMILES string of the molecule is C=CC(=O)O.C=CC(=O)O.C=CC(=O)OC.C=CC(=O)OC.CCC. The number of carboxylic acids is 2. The highest BCUT2D eigenvalue weighted by Gasteiger charge is 1.82. The standard InChI is InChI=1S/2C4H6O2.2C3H4O2.C3H8/c2*1-3-4(5)6-2;2*1-2-3(4)5;1-3-2/h2*3H,1H2,2H3;2*2H,1H2,(H,4,5);3H2,1-2H3. The van der Waals surface area contributed by atoms with E-state index in [9.17, 15) is 19.2 Å². The molecule has 0 unspecified atom stereocenters. The second-order valence-corrected chi connectivity index (χ2v) is 3.25. The van der Waals surface area contributed by atoms with Crippen molar-refractivity contribution in [2.24, 2.45) is 0 Å². The normalized spacial score (nSPS) is 6.56. The fourth-order valence-corrected chi connectivity index (χ4v) is 0.167. The summed E-state index contributed by atoms with van der Waals surface area (Å²) in [6.45, 7) is 16.5. The van der Waals surface area contributed by atoms with Gasteiger partial charge in [-0.1, -0.05) is 46.6 Å². The quantitative estimate of drug-likeness (QED) is 0.578. The van der Waals surface area contributed by atoms with E-state index in [-0.39, 0.29) is 0 Å². The van der Waals surface area contributed by atoms with Gasteiger partial charge in [0, 0.05) is 24.3 Å². The third kappa shape index (κ3) is 94.7. The van der Waals surface area contributed by atoms with Crippen molar-refractivity contribution in [1.82, 2.24) is 0 Å². The second-order valence-electron chi connectivity index (χ2n) is 3.25. The molecule has 0 amide bonds. The minimum Gasteiger partial charge on any atom is -0.478 e. The summed E-state index contributed by atoms with van der Waals surface area (Å²) in [5.74, 6) is -2.75. The average Bonchev–Trinajstić information content (AvgIpc) is 2.62. The van der Waals surface area contributed by atoms with E-state index in [1.54, 1.807) is 0 Å². The Morgan fingerprint density at radius 3 is 0.880 bits per heavy atom. The van der Waals surface area contributed by atoms with Crippen molar-refractivity contribution < 1.29 is 38.9 Å². The molecule has 8 heteroatoms. The van der Waals surface area contributed by atoms with Crippen LogP contribution in [0.5, 0.6) is 0 Å². The smallest absolute Gasteiger partial charge is 0.329 e. The van der Waals surface area contributed by atoms with Crippen LogP contribution in [0.25, 0.3) is 0 Å². The minimum absolute atomic E-state index is 0.394. The Morgan fingerprint density at radius 2 is 0.880 bits per heavy atom. The number of aliphatic carboxylic acids is 2. The number of hydrogen-bond acceptors (Lipinski definition) is 6. The molecule has 0 bridgehead atoms. The Hall–Kier alpha value is -3.16. The Bertz CT molecular complexity index is 373. The highest BCUT2D eigenvalue weighted by Crippen LogP contribution is 1.68. The van der Waals surface area contributed by atoms with Gasteiger partial charge in [0.1, 0.15) is 0 Å². The summed E-state index contributed by atoms with van der Waals surface area (Å²) in [6.07, 6.45) is 5.14. The monoisotopic (exact) mass is 360 g/mol. The van der Waals surface area contributed by atoms with Gasteiger partial charge < -0.3 is 19.7 Å². The number of carbonyl (C=O) groups is 4. The summed E-state index contributed by atoms with van der Waals surface area (Å²) < 4.78 is 8.28. The lowest BCUT2D eigenvalue weighted by Gasteiger charge is -1.83. The minimum atomic E-state index is -0.981. The molecule has 0 aliphatic heterocycles. The Kier molecular flexibility index (Phi) is 43.7. The maximum Gasteiger partial charge on any atom is 0.329 e. The van der Waals surface area contributed by atoms with Gasteiger partial charge in [0.2, 0.25) is 0 Å². The molecule has 144 valence electrons. The number of methoxy groups -OCH3 is 2. The number of hydrogen-bond donors (Lipinski definition) is 2. The molecular formula is C17H28O8. The van der Waals surface area contributed by atoms with Crippen LogP contribution in [0.15, 0.2) is 50.6 Å². The molecule has 0 spiro atoms. The Morgan fingerprint density at radius 1 is 0.720 bits per heavy atom. The number of esters is 2. The first kappa shape index (κ1) is 33.4. The van der Waals surface area contributed by atoms with E-state index in [1.807, 2.05) is 0 Å².